The summed E-state index contributed by atoms with van der Waals surface area (Å²) < 4.78 is 0. The largest absolute Gasteiger partial charge is 0.281 e. The quantitative estimate of drug-likeness (QED) is 0.844. The zero-order valence-corrected chi connectivity index (χ0v) is 10.2. The van der Waals surface area contributed by atoms with E-state index >= 15 is 0 Å². The van der Waals surface area contributed by atoms with E-state index in [0.717, 1.165) is 17.0 Å². The van der Waals surface area contributed by atoms with E-state index in [-0.39, 0.29) is 0 Å². The van der Waals surface area contributed by atoms with Crippen molar-refractivity contribution in [2.24, 2.45) is 0 Å². The smallest absolute Gasteiger partial charge is 0.115 e. The lowest BCUT2D eigenvalue weighted by molar-refractivity contribution is 0.409. The first-order valence-corrected chi connectivity index (χ1v) is 6.48. The van der Waals surface area contributed by atoms with E-state index in [1.54, 1.807) is 6.20 Å². The molecule has 2 heterocycles. The van der Waals surface area contributed by atoms with Gasteiger partial charge in [-0.1, -0.05) is 12.5 Å². The van der Waals surface area contributed by atoms with Gasteiger partial charge in [-0.05, 0) is 25.0 Å². The summed E-state index contributed by atoms with van der Waals surface area (Å²) in [6.07, 6.45) is 5.58. The Morgan fingerprint density at radius 1 is 1.35 bits per heavy atom. The highest BCUT2D eigenvalue weighted by molar-refractivity contribution is 6.17. The number of pyridine rings is 1. The van der Waals surface area contributed by atoms with E-state index in [4.69, 9.17) is 11.6 Å². The van der Waals surface area contributed by atoms with Crippen molar-refractivity contribution >= 4 is 11.6 Å². The van der Waals surface area contributed by atoms with Gasteiger partial charge in [-0.2, -0.15) is 5.10 Å². The van der Waals surface area contributed by atoms with Gasteiger partial charge in [0.05, 0.1) is 11.6 Å². The normalized spacial score (nSPS) is 15.8. The minimum absolute atomic E-state index is 0.494. The Hall–Kier alpha value is -1.35. The van der Waals surface area contributed by atoms with Gasteiger partial charge in [0, 0.05) is 23.4 Å². The average Bonchev–Trinajstić information content (AvgIpc) is 2.71. The zero-order valence-electron chi connectivity index (χ0n) is 9.49. The third-order valence-corrected chi connectivity index (χ3v) is 3.72. The van der Waals surface area contributed by atoms with Gasteiger partial charge < -0.3 is 0 Å². The van der Waals surface area contributed by atoms with Crippen LogP contribution < -0.4 is 0 Å². The van der Waals surface area contributed by atoms with Gasteiger partial charge in [-0.3, -0.25) is 10.1 Å². The zero-order chi connectivity index (χ0) is 11.7. The highest BCUT2D eigenvalue weighted by atomic mass is 35.5. The lowest BCUT2D eigenvalue weighted by Gasteiger charge is -2.24. The van der Waals surface area contributed by atoms with Gasteiger partial charge in [-0.25, -0.2) is 0 Å². The first-order valence-electron chi connectivity index (χ1n) is 5.94. The second-order valence-corrected chi connectivity index (χ2v) is 4.71. The van der Waals surface area contributed by atoms with Crippen LogP contribution in [0.4, 0.5) is 0 Å². The van der Waals surface area contributed by atoms with E-state index in [9.17, 15) is 0 Å². The van der Waals surface area contributed by atoms with Crippen molar-refractivity contribution in [1.82, 2.24) is 15.2 Å². The maximum absolute atomic E-state index is 6.07. The van der Waals surface area contributed by atoms with Crippen LogP contribution in [-0.2, 0) is 5.88 Å². The van der Waals surface area contributed by atoms with E-state index < -0.39 is 0 Å². The molecule has 0 spiro atoms. The molecule has 1 aliphatic rings. The Morgan fingerprint density at radius 3 is 2.82 bits per heavy atom. The molecule has 1 N–H and O–H groups in total. The van der Waals surface area contributed by atoms with Gasteiger partial charge in [0.25, 0.3) is 0 Å². The number of hydrogen-bond donors (Lipinski definition) is 1. The maximum Gasteiger partial charge on any atom is 0.115 e. The summed E-state index contributed by atoms with van der Waals surface area (Å²) >= 11 is 6.07. The summed E-state index contributed by atoms with van der Waals surface area (Å²) in [5, 5.41) is 7.54. The fraction of sp³-hybridized carbons (Fsp3) is 0.385. The van der Waals surface area contributed by atoms with Crippen molar-refractivity contribution in [2.75, 3.05) is 0 Å². The molecule has 1 fully saturated rings. The van der Waals surface area contributed by atoms with Crippen LogP contribution in [0.3, 0.4) is 0 Å². The Morgan fingerprint density at radius 2 is 2.24 bits per heavy atom. The molecule has 0 saturated heterocycles. The standard InChI is InChI=1S/C13H14ClN3/c14-8-10-12(9-4-3-5-9)16-17-13(10)11-6-1-2-7-15-11/h1-2,6-7,9H,3-5,8H2,(H,16,17). The Labute approximate surface area is 105 Å². The molecule has 0 atom stereocenters. The van der Waals surface area contributed by atoms with Crippen LogP contribution in [-0.4, -0.2) is 15.2 Å². The van der Waals surface area contributed by atoms with Crippen molar-refractivity contribution in [3.63, 3.8) is 0 Å². The van der Waals surface area contributed by atoms with E-state index in [1.165, 1.54) is 25.0 Å². The van der Waals surface area contributed by atoms with Crippen LogP contribution in [0.5, 0.6) is 0 Å². The minimum Gasteiger partial charge on any atom is -0.281 e. The van der Waals surface area contributed by atoms with Gasteiger partial charge in [0.2, 0.25) is 0 Å². The van der Waals surface area contributed by atoms with E-state index in [1.807, 2.05) is 18.2 Å². The molecule has 3 nitrogen and oxygen atoms in total. The molecule has 0 aliphatic heterocycles. The molecule has 2 aromatic heterocycles. The molecule has 88 valence electrons. The van der Waals surface area contributed by atoms with Crippen LogP contribution in [0.25, 0.3) is 11.4 Å². The van der Waals surface area contributed by atoms with Gasteiger partial charge >= 0.3 is 0 Å². The molecule has 17 heavy (non-hydrogen) atoms. The lowest BCUT2D eigenvalue weighted by Crippen LogP contribution is -2.10. The number of rotatable bonds is 3. The third kappa shape index (κ3) is 1.84. The van der Waals surface area contributed by atoms with Gasteiger partial charge in [0.15, 0.2) is 0 Å². The predicted molar refractivity (Wildman–Crippen MR) is 68.0 cm³/mol. The number of nitrogens with one attached hydrogen (secondary N) is 1. The Kier molecular flexibility index (Phi) is 2.85. The predicted octanol–water partition coefficient (Wildman–Crippen LogP) is 3.48. The molecule has 0 radical (unpaired) electrons. The van der Waals surface area contributed by atoms with Gasteiger partial charge in [0.1, 0.15) is 5.69 Å². The Bertz CT molecular complexity index is 503. The maximum atomic E-state index is 6.07. The minimum atomic E-state index is 0.494. The van der Waals surface area contributed by atoms with Crippen LogP contribution in [0.2, 0.25) is 0 Å². The topological polar surface area (TPSA) is 41.6 Å². The summed E-state index contributed by atoms with van der Waals surface area (Å²) in [7, 11) is 0. The molecule has 1 saturated carbocycles. The monoisotopic (exact) mass is 247 g/mol. The second-order valence-electron chi connectivity index (χ2n) is 4.44. The molecule has 0 bridgehead atoms. The van der Waals surface area contributed by atoms with Crippen LogP contribution >= 0.6 is 11.6 Å². The van der Waals surface area contributed by atoms with E-state index in [2.05, 4.69) is 15.2 Å². The molecule has 0 amide bonds. The molecular formula is C13H14ClN3. The summed E-state index contributed by atoms with van der Waals surface area (Å²) in [4.78, 5) is 4.33. The Balaban J connectivity index is 2.02. The van der Waals surface area contributed by atoms with Crippen molar-refractivity contribution in [2.45, 2.75) is 31.1 Å². The second kappa shape index (κ2) is 4.49. The van der Waals surface area contributed by atoms with Crippen LogP contribution in [0, 0.1) is 0 Å². The molecule has 1 aliphatic carbocycles. The van der Waals surface area contributed by atoms with Crippen LogP contribution in [0.15, 0.2) is 24.4 Å². The van der Waals surface area contributed by atoms with Gasteiger partial charge in [-0.15, -0.1) is 11.6 Å². The summed E-state index contributed by atoms with van der Waals surface area (Å²) in [5.41, 5.74) is 4.13. The molecule has 4 heteroatoms. The fourth-order valence-electron chi connectivity index (χ4n) is 2.26. The SMILES string of the molecule is ClCc1c(-c2ccccn2)n[nH]c1C1CCC1. The number of aromatic amines is 1. The summed E-state index contributed by atoms with van der Waals surface area (Å²) in [6.45, 7) is 0. The molecule has 0 unspecified atom stereocenters. The van der Waals surface area contributed by atoms with E-state index in [0.29, 0.717) is 11.8 Å². The van der Waals surface area contributed by atoms with Crippen molar-refractivity contribution in [1.29, 1.82) is 0 Å². The highest BCUT2D eigenvalue weighted by Crippen LogP contribution is 2.39. The first kappa shape index (κ1) is 10.8. The number of hydrogen-bond acceptors (Lipinski definition) is 2. The number of alkyl halides is 1. The first-order chi connectivity index (χ1) is 8.40. The number of halogens is 1. The molecule has 0 aromatic carbocycles. The molecule has 3 rings (SSSR count). The summed E-state index contributed by atoms with van der Waals surface area (Å²) in [6, 6.07) is 5.85. The van der Waals surface area contributed by atoms with Crippen LogP contribution in [0.1, 0.15) is 36.4 Å². The average molecular weight is 248 g/mol. The number of H-pyrrole nitrogens is 1. The fourth-order valence-corrected chi connectivity index (χ4v) is 2.53. The van der Waals surface area contributed by atoms with Crippen molar-refractivity contribution < 1.29 is 0 Å². The number of nitrogens with zero attached hydrogens (tertiary/aromatic N) is 2. The summed E-state index contributed by atoms with van der Waals surface area (Å²) in [5.74, 6) is 1.11. The lowest BCUT2D eigenvalue weighted by atomic mass is 9.81. The number of aromatic nitrogens is 3. The highest BCUT2D eigenvalue weighted by Gasteiger charge is 2.26. The molecular weight excluding hydrogens is 234 g/mol. The third-order valence-electron chi connectivity index (χ3n) is 3.45. The van der Waals surface area contributed by atoms with Crippen molar-refractivity contribution in [3.05, 3.63) is 35.7 Å². The van der Waals surface area contributed by atoms with Crippen molar-refractivity contribution in [3.8, 4) is 11.4 Å². The molecule has 2 aromatic rings.